The van der Waals surface area contributed by atoms with Crippen molar-refractivity contribution in [1.82, 2.24) is 5.32 Å². The number of phenols is 1. The highest BCUT2D eigenvalue weighted by molar-refractivity contribution is 5.85. The molecule has 0 aromatic heterocycles. The molecule has 8 nitrogen and oxygen atoms in total. The van der Waals surface area contributed by atoms with E-state index in [1.54, 1.807) is 30.3 Å². The lowest BCUT2D eigenvalue weighted by Crippen LogP contribution is -2.42. The summed E-state index contributed by atoms with van der Waals surface area (Å²) in [6.45, 7) is 1.77. The number of carbonyl (C=O) groups is 2. The summed E-state index contributed by atoms with van der Waals surface area (Å²) >= 11 is 0. The third-order valence-electron chi connectivity index (χ3n) is 6.04. The van der Waals surface area contributed by atoms with Crippen LogP contribution < -0.4 is 16.8 Å². The first kappa shape index (κ1) is 31.2. The lowest BCUT2D eigenvalue weighted by molar-refractivity contribution is -0.129. The number of amides is 2. The summed E-state index contributed by atoms with van der Waals surface area (Å²) in [6.07, 6.45) is 1.92. The third-order valence-corrected chi connectivity index (χ3v) is 6.04. The molecule has 0 fully saturated rings. The monoisotopic (exact) mass is 533 g/mol. The van der Waals surface area contributed by atoms with Gasteiger partial charge in [-0.3, -0.25) is 9.59 Å². The fraction of sp³-hybridized carbons (Fsp3) is 0.290. The highest BCUT2D eigenvalue weighted by atomic mass is 16.3. The van der Waals surface area contributed by atoms with E-state index < -0.39 is 36.0 Å². The van der Waals surface area contributed by atoms with Crippen molar-refractivity contribution in [2.75, 3.05) is 6.54 Å². The molecule has 3 rings (SSSR count). The second-order valence-corrected chi connectivity index (χ2v) is 9.39. The average Bonchev–Trinajstić information content (AvgIpc) is 2.92. The number of aromatic hydroxyl groups is 1. The second kappa shape index (κ2) is 16.8. The normalized spacial score (nSPS) is 13.9. The van der Waals surface area contributed by atoms with E-state index in [4.69, 9.17) is 11.5 Å². The molecule has 8 N–H and O–H groups in total. The van der Waals surface area contributed by atoms with Crippen LogP contribution in [0.15, 0.2) is 97.1 Å². The number of rotatable bonds is 12. The Balaban J connectivity index is 0.000000658. The summed E-state index contributed by atoms with van der Waals surface area (Å²) in [4.78, 5) is 23.5. The lowest BCUT2D eigenvalue weighted by Gasteiger charge is -2.21. The fourth-order valence-electron chi connectivity index (χ4n) is 3.78. The van der Waals surface area contributed by atoms with Crippen LogP contribution in [0.4, 0.5) is 0 Å². The summed E-state index contributed by atoms with van der Waals surface area (Å²) < 4.78 is 0. The molecule has 4 atom stereocenters. The van der Waals surface area contributed by atoms with E-state index >= 15 is 0 Å². The molecule has 3 aromatic carbocycles. The molecular weight excluding hydrogens is 494 g/mol. The van der Waals surface area contributed by atoms with E-state index in [1.807, 2.05) is 48.5 Å². The van der Waals surface area contributed by atoms with Gasteiger partial charge in [-0.1, -0.05) is 90.5 Å². The van der Waals surface area contributed by atoms with Gasteiger partial charge in [-0.15, -0.1) is 0 Å². The number of nitrogens with two attached hydrogens (primary N) is 2. The van der Waals surface area contributed by atoms with Crippen LogP contribution >= 0.6 is 0 Å². The number of nitrogens with one attached hydrogen (secondary N) is 1. The SMILES string of the molecule is Cc1ccccc1.NC(=O)CNC(=O)C(Cc1ccccc1)C(O)/C=C/CC(O)C(N)Cc1ccc(O)cc1. The summed E-state index contributed by atoms with van der Waals surface area (Å²) in [7, 11) is 0. The van der Waals surface area contributed by atoms with Gasteiger partial charge in [-0.05, 0) is 49.4 Å². The van der Waals surface area contributed by atoms with Gasteiger partial charge in [0.15, 0.2) is 0 Å². The molecule has 0 spiro atoms. The van der Waals surface area contributed by atoms with Crippen LogP contribution in [-0.4, -0.2) is 51.9 Å². The van der Waals surface area contributed by atoms with Crippen molar-refractivity contribution in [3.8, 4) is 5.75 Å². The van der Waals surface area contributed by atoms with Gasteiger partial charge >= 0.3 is 0 Å². The molecule has 8 heteroatoms. The van der Waals surface area contributed by atoms with Crippen molar-refractivity contribution in [3.63, 3.8) is 0 Å². The molecule has 0 aliphatic carbocycles. The average molecular weight is 534 g/mol. The Hall–Kier alpha value is -3.98. The maximum Gasteiger partial charge on any atom is 0.236 e. The van der Waals surface area contributed by atoms with Gasteiger partial charge in [0.2, 0.25) is 11.8 Å². The summed E-state index contributed by atoms with van der Waals surface area (Å²) in [5.41, 5.74) is 14.2. The fourth-order valence-corrected chi connectivity index (χ4v) is 3.78. The Labute approximate surface area is 230 Å². The summed E-state index contributed by atoms with van der Waals surface area (Å²) in [5, 5.41) is 32.7. The molecule has 0 radical (unpaired) electrons. The third kappa shape index (κ3) is 12.4. The molecule has 3 aromatic rings. The van der Waals surface area contributed by atoms with E-state index in [0.717, 1.165) is 11.1 Å². The summed E-state index contributed by atoms with van der Waals surface area (Å²) in [6, 6.07) is 25.5. The van der Waals surface area contributed by atoms with Crippen LogP contribution in [0.2, 0.25) is 0 Å². The zero-order valence-corrected chi connectivity index (χ0v) is 22.2. The molecule has 0 saturated carbocycles. The van der Waals surface area contributed by atoms with Gasteiger partial charge in [-0.2, -0.15) is 0 Å². The van der Waals surface area contributed by atoms with Crippen molar-refractivity contribution < 1.29 is 24.9 Å². The highest BCUT2D eigenvalue weighted by Crippen LogP contribution is 2.16. The number of hydrogen-bond donors (Lipinski definition) is 6. The van der Waals surface area contributed by atoms with Gasteiger partial charge in [0.05, 0.1) is 24.7 Å². The van der Waals surface area contributed by atoms with Crippen LogP contribution in [0, 0.1) is 12.8 Å². The first-order valence-corrected chi connectivity index (χ1v) is 12.8. The largest absolute Gasteiger partial charge is 0.508 e. The van der Waals surface area contributed by atoms with Crippen molar-refractivity contribution in [2.24, 2.45) is 17.4 Å². The van der Waals surface area contributed by atoms with E-state index in [-0.39, 0.29) is 25.1 Å². The van der Waals surface area contributed by atoms with Crippen LogP contribution in [0.1, 0.15) is 23.1 Å². The minimum atomic E-state index is -1.14. The van der Waals surface area contributed by atoms with Crippen molar-refractivity contribution >= 4 is 11.8 Å². The van der Waals surface area contributed by atoms with Gasteiger partial charge in [0.25, 0.3) is 0 Å². The number of carbonyl (C=O) groups excluding carboxylic acids is 2. The first-order valence-electron chi connectivity index (χ1n) is 12.8. The maximum atomic E-state index is 12.5. The highest BCUT2D eigenvalue weighted by Gasteiger charge is 2.26. The molecule has 39 heavy (non-hydrogen) atoms. The molecule has 208 valence electrons. The molecule has 4 unspecified atom stereocenters. The van der Waals surface area contributed by atoms with Crippen LogP contribution in [0.5, 0.6) is 5.75 Å². The topological polar surface area (TPSA) is 159 Å². The Kier molecular flexibility index (Phi) is 13.4. The first-order chi connectivity index (χ1) is 18.7. The molecule has 0 bridgehead atoms. The smallest absolute Gasteiger partial charge is 0.236 e. The van der Waals surface area contributed by atoms with Crippen molar-refractivity contribution in [2.45, 2.75) is 44.4 Å². The number of benzene rings is 3. The zero-order valence-electron chi connectivity index (χ0n) is 22.2. The van der Waals surface area contributed by atoms with Crippen LogP contribution in [0.25, 0.3) is 0 Å². The molecular formula is C31H39N3O5. The minimum absolute atomic E-state index is 0.157. The van der Waals surface area contributed by atoms with E-state index in [0.29, 0.717) is 6.42 Å². The number of hydrogen-bond acceptors (Lipinski definition) is 6. The van der Waals surface area contributed by atoms with Gasteiger partial charge < -0.3 is 32.1 Å². The quantitative estimate of drug-likeness (QED) is 0.196. The lowest BCUT2D eigenvalue weighted by atomic mass is 9.92. The number of phenolic OH excluding ortho intramolecular Hbond substituents is 1. The van der Waals surface area contributed by atoms with Crippen molar-refractivity contribution in [1.29, 1.82) is 0 Å². The van der Waals surface area contributed by atoms with E-state index in [2.05, 4.69) is 24.4 Å². The predicted octanol–water partition coefficient (Wildman–Crippen LogP) is 2.39. The van der Waals surface area contributed by atoms with Gasteiger partial charge in [-0.25, -0.2) is 0 Å². The van der Waals surface area contributed by atoms with Crippen LogP contribution in [0.3, 0.4) is 0 Å². The van der Waals surface area contributed by atoms with E-state index in [9.17, 15) is 24.9 Å². The van der Waals surface area contributed by atoms with Crippen molar-refractivity contribution in [3.05, 3.63) is 114 Å². The van der Waals surface area contributed by atoms with E-state index in [1.165, 1.54) is 11.6 Å². The molecule has 0 aliphatic heterocycles. The second-order valence-electron chi connectivity index (χ2n) is 9.39. The number of primary amides is 1. The molecule has 0 saturated heterocycles. The van der Waals surface area contributed by atoms with Crippen LogP contribution in [-0.2, 0) is 22.4 Å². The standard InChI is InChI=1S/C24H31N3O5.C7H8/c25-20(14-17-9-11-18(28)12-10-17)22(30)8-4-7-21(29)19(24(32)27-15-23(26)31)13-16-5-2-1-3-6-16;1-7-5-3-2-4-6-7/h1-7,9-12,19-22,28-30H,8,13-15,25H2,(H2,26,31)(H,27,32);2-6H,1H3/b7-4+;. The minimum Gasteiger partial charge on any atom is -0.508 e. The Morgan fingerprint density at radius 3 is 1.97 bits per heavy atom. The molecule has 0 aliphatic rings. The number of aryl methyl sites for hydroxylation is 1. The maximum absolute atomic E-state index is 12.5. The summed E-state index contributed by atoms with van der Waals surface area (Å²) in [5.74, 6) is -1.84. The van der Waals surface area contributed by atoms with Gasteiger partial charge in [0.1, 0.15) is 5.75 Å². The number of aliphatic hydroxyl groups is 2. The molecule has 0 heterocycles. The Morgan fingerprint density at radius 1 is 0.872 bits per heavy atom. The van der Waals surface area contributed by atoms with Gasteiger partial charge in [0, 0.05) is 6.04 Å². The Morgan fingerprint density at radius 2 is 1.44 bits per heavy atom. The predicted molar refractivity (Wildman–Crippen MR) is 153 cm³/mol. The molecule has 2 amide bonds. The Bertz CT molecular complexity index is 1150. The zero-order chi connectivity index (χ0) is 28.6. The number of aliphatic hydroxyl groups excluding tert-OH is 2.